The SMILES string of the molecule is CN(C)S(=O)(=O)c1cc(NC(=O)CCN2C(=O)[C@@H]3CC=CC[C@H]3C2=O)ccc1Cl. The molecule has 1 aromatic rings. The molecule has 1 aliphatic carbocycles. The molecule has 10 heteroatoms. The predicted molar refractivity (Wildman–Crippen MR) is 108 cm³/mol. The smallest absolute Gasteiger partial charge is 0.244 e. The van der Waals surface area contributed by atoms with Gasteiger partial charge in [-0.05, 0) is 31.0 Å². The molecule has 1 heterocycles. The summed E-state index contributed by atoms with van der Waals surface area (Å²) >= 11 is 6.00. The van der Waals surface area contributed by atoms with Crippen LogP contribution in [0.2, 0.25) is 5.02 Å². The lowest BCUT2D eigenvalue weighted by Gasteiger charge is -2.16. The number of rotatable bonds is 6. The van der Waals surface area contributed by atoms with Crippen LogP contribution in [0.25, 0.3) is 0 Å². The number of nitrogens with zero attached hydrogens (tertiary/aromatic N) is 2. The van der Waals surface area contributed by atoms with E-state index in [1.807, 2.05) is 12.2 Å². The quantitative estimate of drug-likeness (QED) is 0.538. The summed E-state index contributed by atoms with van der Waals surface area (Å²) in [6.45, 7) is -0.00700. The highest BCUT2D eigenvalue weighted by Gasteiger charge is 2.46. The summed E-state index contributed by atoms with van der Waals surface area (Å²) in [7, 11) is -1.01. The van der Waals surface area contributed by atoms with Crippen LogP contribution in [0.3, 0.4) is 0 Å². The zero-order chi connectivity index (χ0) is 21.3. The molecule has 1 fully saturated rings. The summed E-state index contributed by atoms with van der Waals surface area (Å²) in [6.07, 6.45) is 4.82. The second-order valence-electron chi connectivity index (χ2n) is 7.21. The van der Waals surface area contributed by atoms with Crippen molar-refractivity contribution in [2.75, 3.05) is 26.0 Å². The highest BCUT2D eigenvalue weighted by atomic mass is 35.5. The van der Waals surface area contributed by atoms with Crippen molar-refractivity contribution in [3.05, 3.63) is 35.4 Å². The van der Waals surface area contributed by atoms with E-state index in [2.05, 4.69) is 5.32 Å². The van der Waals surface area contributed by atoms with Gasteiger partial charge in [0, 0.05) is 32.7 Å². The molecule has 1 saturated heterocycles. The second-order valence-corrected chi connectivity index (χ2v) is 9.74. The monoisotopic (exact) mass is 439 g/mol. The van der Waals surface area contributed by atoms with E-state index in [9.17, 15) is 22.8 Å². The van der Waals surface area contributed by atoms with Crippen LogP contribution in [0.15, 0.2) is 35.2 Å². The van der Waals surface area contributed by atoms with Crippen LogP contribution in [0.1, 0.15) is 19.3 Å². The van der Waals surface area contributed by atoms with Gasteiger partial charge in [0.05, 0.1) is 16.9 Å². The zero-order valence-corrected chi connectivity index (χ0v) is 17.7. The fourth-order valence-corrected chi connectivity index (χ4v) is 4.90. The third kappa shape index (κ3) is 4.22. The number of allylic oxidation sites excluding steroid dienone is 2. The van der Waals surface area contributed by atoms with E-state index in [0.29, 0.717) is 12.8 Å². The second kappa shape index (κ2) is 8.25. The average molecular weight is 440 g/mol. The largest absolute Gasteiger partial charge is 0.326 e. The molecule has 2 atom stereocenters. The molecule has 0 aromatic heterocycles. The summed E-state index contributed by atoms with van der Waals surface area (Å²) < 4.78 is 25.7. The van der Waals surface area contributed by atoms with E-state index in [4.69, 9.17) is 11.6 Å². The predicted octanol–water partition coefficient (Wildman–Crippen LogP) is 1.87. The number of sulfonamides is 1. The number of carbonyl (C=O) groups is 3. The molecule has 0 saturated carbocycles. The highest BCUT2D eigenvalue weighted by molar-refractivity contribution is 7.89. The van der Waals surface area contributed by atoms with Crippen LogP contribution in [0.4, 0.5) is 5.69 Å². The lowest BCUT2D eigenvalue weighted by Crippen LogP contribution is -2.34. The normalized spacial score (nSPS) is 21.6. The van der Waals surface area contributed by atoms with Gasteiger partial charge < -0.3 is 5.32 Å². The van der Waals surface area contributed by atoms with Gasteiger partial charge in [-0.3, -0.25) is 19.3 Å². The van der Waals surface area contributed by atoms with Crippen LogP contribution in [0, 0.1) is 11.8 Å². The van der Waals surface area contributed by atoms with E-state index in [0.717, 1.165) is 9.21 Å². The van der Waals surface area contributed by atoms with Crippen molar-refractivity contribution in [3.63, 3.8) is 0 Å². The molecule has 8 nitrogen and oxygen atoms in total. The fourth-order valence-electron chi connectivity index (χ4n) is 3.50. The highest BCUT2D eigenvalue weighted by Crippen LogP contribution is 2.35. The van der Waals surface area contributed by atoms with Crippen molar-refractivity contribution in [2.24, 2.45) is 11.8 Å². The molecule has 3 amide bonds. The van der Waals surface area contributed by atoms with Crippen molar-refractivity contribution in [3.8, 4) is 0 Å². The maximum Gasteiger partial charge on any atom is 0.244 e. The lowest BCUT2D eigenvalue weighted by atomic mass is 9.85. The maximum atomic E-state index is 12.4. The van der Waals surface area contributed by atoms with Gasteiger partial charge in [-0.15, -0.1) is 0 Å². The molecule has 1 aromatic carbocycles. The Morgan fingerprint density at radius 2 is 1.76 bits per heavy atom. The van der Waals surface area contributed by atoms with Gasteiger partial charge in [0.1, 0.15) is 4.90 Å². The Kier molecular flexibility index (Phi) is 6.11. The number of imide groups is 1. The van der Waals surface area contributed by atoms with Gasteiger partial charge in [-0.1, -0.05) is 23.8 Å². The van der Waals surface area contributed by atoms with Crippen LogP contribution >= 0.6 is 11.6 Å². The molecule has 1 N–H and O–H groups in total. The molecule has 1 aliphatic heterocycles. The van der Waals surface area contributed by atoms with Gasteiger partial charge in [-0.25, -0.2) is 12.7 Å². The molecule has 29 heavy (non-hydrogen) atoms. The number of anilines is 1. The van der Waals surface area contributed by atoms with Crippen molar-refractivity contribution >= 4 is 45.0 Å². The van der Waals surface area contributed by atoms with Crippen molar-refractivity contribution in [1.82, 2.24) is 9.21 Å². The molecule has 3 rings (SSSR count). The molecular formula is C19H22ClN3O5S. The van der Waals surface area contributed by atoms with Crippen LogP contribution < -0.4 is 5.32 Å². The Hall–Kier alpha value is -2.23. The van der Waals surface area contributed by atoms with Gasteiger partial charge in [0.2, 0.25) is 27.7 Å². The van der Waals surface area contributed by atoms with Gasteiger partial charge in [-0.2, -0.15) is 0 Å². The minimum Gasteiger partial charge on any atom is -0.326 e. The summed E-state index contributed by atoms with van der Waals surface area (Å²) in [5, 5.41) is 2.64. The number of fused-ring (bicyclic) bond motifs is 1. The molecule has 0 spiro atoms. The summed E-state index contributed by atoms with van der Waals surface area (Å²) in [6, 6.07) is 4.15. The number of halogens is 1. The van der Waals surface area contributed by atoms with Crippen LogP contribution in [-0.4, -0.2) is 56.0 Å². The first-order valence-electron chi connectivity index (χ1n) is 9.15. The van der Waals surface area contributed by atoms with Gasteiger partial charge in [0.15, 0.2) is 0 Å². The van der Waals surface area contributed by atoms with E-state index in [-0.39, 0.29) is 52.2 Å². The first kappa shape index (κ1) is 21.5. The topological polar surface area (TPSA) is 104 Å². The number of nitrogens with one attached hydrogen (secondary N) is 1. The summed E-state index contributed by atoms with van der Waals surface area (Å²) in [4.78, 5) is 38.2. The summed E-state index contributed by atoms with van der Waals surface area (Å²) in [5.41, 5.74) is 0.261. The Labute approximate surface area is 174 Å². The van der Waals surface area contributed by atoms with E-state index < -0.39 is 15.9 Å². The molecule has 2 aliphatic rings. The average Bonchev–Trinajstić information content (AvgIpc) is 2.92. The third-order valence-electron chi connectivity index (χ3n) is 5.13. The van der Waals surface area contributed by atoms with Crippen molar-refractivity contribution < 1.29 is 22.8 Å². The van der Waals surface area contributed by atoms with E-state index in [1.165, 1.54) is 32.3 Å². The van der Waals surface area contributed by atoms with Gasteiger partial charge in [0.25, 0.3) is 0 Å². The third-order valence-corrected chi connectivity index (χ3v) is 7.43. The first-order chi connectivity index (χ1) is 13.6. The number of carbonyl (C=O) groups excluding carboxylic acids is 3. The minimum atomic E-state index is -3.77. The Morgan fingerprint density at radius 3 is 2.31 bits per heavy atom. The Bertz CT molecular complexity index is 964. The maximum absolute atomic E-state index is 12.4. The first-order valence-corrected chi connectivity index (χ1v) is 11.0. The Balaban J connectivity index is 1.65. The fraction of sp³-hybridized carbons (Fsp3) is 0.421. The number of benzene rings is 1. The van der Waals surface area contributed by atoms with E-state index in [1.54, 1.807) is 0 Å². The zero-order valence-electron chi connectivity index (χ0n) is 16.1. The lowest BCUT2D eigenvalue weighted by molar-refractivity contribution is -0.140. The van der Waals surface area contributed by atoms with Gasteiger partial charge >= 0.3 is 0 Å². The van der Waals surface area contributed by atoms with E-state index >= 15 is 0 Å². The summed E-state index contributed by atoms with van der Waals surface area (Å²) in [5.74, 6) is -1.56. The Morgan fingerprint density at radius 1 is 1.17 bits per heavy atom. The minimum absolute atomic E-state index is 0.00700. The van der Waals surface area contributed by atoms with Crippen LogP contribution in [0.5, 0.6) is 0 Å². The van der Waals surface area contributed by atoms with Crippen molar-refractivity contribution in [1.29, 1.82) is 0 Å². The number of hydrogen-bond acceptors (Lipinski definition) is 5. The number of hydrogen-bond donors (Lipinski definition) is 1. The molecule has 156 valence electrons. The number of amides is 3. The molecule has 0 bridgehead atoms. The molecular weight excluding hydrogens is 418 g/mol. The van der Waals surface area contributed by atoms with Crippen LogP contribution in [-0.2, 0) is 24.4 Å². The number of likely N-dealkylation sites (tertiary alicyclic amines) is 1. The molecule has 0 unspecified atom stereocenters. The molecule has 0 radical (unpaired) electrons. The standard InChI is InChI=1S/C19H22ClN3O5S/c1-22(2)29(27,28)16-11-12(7-8-15(16)20)21-17(24)9-10-23-18(25)13-5-3-4-6-14(13)19(23)26/h3-4,7-8,11,13-14H,5-6,9-10H2,1-2H3,(H,21,24)/t13-,14-/m1/s1. The van der Waals surface area contributed by atoms with Crippen molar-refractivity contribution in [2.45, 2.75) is 24.2 Å².